The zero-order chi connectivity index (χ0) is 13.2. The standard InChI is InChI=1S/C14H23N3S/c1-4-6-7-10-16-14(15-5-2)17-11-13-9-8-12(3)18-13/h4,6,8-9H,5,7,10-11H2,1-3H3,(H2,15,16,17). The summed E-state index contributed by atoms with van der Waals surface area (Å²) < 4.78 is 0. The van der Waals surface area contributed by atoms with E-state index in [4.69, 9.17) is 0 Å². The molecule has 0 saturated heterocycles. The van der Waals surface area contributed by atoms with Crippen molar-refractivity contribution in [1.82, 2.24) is 10.6 Å². The molecule has 2 N–H and O–H groups in total. The third kappa shape index (κ3) is 5.87. The Morgan fingerprint density at radius 3 is 2.83 bits per heavy atom. The molecular formula is C14H23N3S. The molecule has 1 aromatic rings. The van der Waals surface area contributed by atoms with Crippen LogP contribution in [0.2, 0.25) is 0 Å². The Bertz CT molecular complexity index is 393. The first-order valence-electron chi connectivity index (χ1n) is 6.45. The van der Waals surface area contributed by atoms with Gasteiger partial charge in [-0.1, -0.05) is 12.2 Å². The summed E-state index contributed by atoms with van der Waals surface area (Å²) in [6, 6.07) is 4.29. The first-order chi connectivity index (χ1) is 8.76. The van der Waals surface area contributed by atoms with Gasteiger partial charge in [-0.25, -0.2) is 4.99 Å². The Morgan fingerprint density at radius 2 is 2.22 bits per heavy atom. The number of aliphatic imine (C=N–C) groups is 1. The number of hydrogen-bond donors (Lipinski definition) is 2. The summed E-state index contributed by atoms with van der Waals surface area (Å²) in [6.07, 6.45) is 5.25. The van der Waals surface area contributed by atoms with Gasteiger partial charge in [0.05, 0.1) is 6.54 Å². The quantitative estimate of drug-likeness (QED) is 0.359. The molecule has 0 amide bonds. The summed E-state index contributed by atoms with van der Waals surface area (Å²) in [5.74, 6) is 0.896. The van der Waals surface area contributed by atoms with Gasteiger partial charge in [0.2, 0.25) is 0 Å². The van der Waals surface area contributed by atoms with Gasteiger partial charge in [-0.3, -0.25) is 0 Å². The monoisotopic (exact) mass is 265 g/mol. The molecule has 18 heavy (non-hydrogen) atoms. The van der Waals surface area contributed by atoms with Gasteiger partial charge in [-0.05, 0) is 39.3 Å². The van der Waals surface area contributed by atoms with E-state index in [0.29, 0.717) is 0 Å². The van der Waals surface area contributed by atoms with E-state index in [1.165, 1.54) is 9.75 Å². The van der Waals surface area contributed by atoms with Crippen LogP contribution in [0.4, 0.5) is 0 Å². The smallest absolute Gasteiger partial charge is 0.191 e. The van der Waals surface area contributed by atoms with Crippen LogP contribution in [-0.4, -0.2) is 19.0 Å². The summed E-state index contributed by atoms with van der Waals surface area (Å²) in [7, 11) is 0. The van der Waals surface area contributed by atoms with Gasteiger partial charge < -0.3 is 10.6 Å². The number of guanidine groups is 1. The maximum Gasteiger partial charge on any atom is 0.191 e. The van der Waals surface area contributed by atoms with E-state index in [2.05, 4.69) is 53.8 Å². The zero-order valence-electron chi connectivity index (χ0n) is 11.5. The minimum absolute atomic E-state index is 0.747. The summed E-state index contributed by atoms with van der Waals surface area (Å²) in [5, 5.41) is 6.58. The predicted octanol–water partition coefficient (Wildman–Crippen LogP) is 3.08. The van der Waals surface area contributed by atoms with Gasteiger partial charge in [0.15, 0.2) is 5.96 Å². The topological polar surface area (TPSA) is 36.4 Å². The lowest BCUT2D eigenvalue weighted by Crippen LogP contribution is -2.37. The van der Waals surface area contributed by atoms with E-state index in [-0.39, 0.29) is 0 Å². The van der Waals surface area contributed by atoms with Crippen LogP contribution >= 0.6 is 11.3 Å². The van der Waals surface area contributed by atoms with E-state index >= 15 is 0 Å². The molecule has 1 rings (SSSR count). The molecule has 0 aromatic carbocycles. The van der Waals surface area contributed by atoms with Crippen LogP contribution < -0.4 is 10.6 Å². The van der Waals surface area contributed by atoms with Crippen molar-refractivity contribution in [2.75, 3.05) is 13.1 Å². The molecule has 0 fully saturated rings. The molecule has 0 saturated carbocycles. The van der Waals surface area contributed by atoms with Gasteiger partial charge in [0.25, 0.3) is 0 Å². The second-order valence-electron chi connectivity index (χ2n) is 3.99. The van der Waals surface area contributed by atoms with Gasteiger partial charge in [-0.2, -0.15) is 0 Å². The summed E-state index contributed by atoms with van der Waals surface area (Å²) in [6.45, 7) is 8.80. The lowest BCUT2D eigenvalue weighted by Gasteiger charge is -2.09. The van der Waals surface area contributed by atoms with Crippen molar-refractivity contribution in [2.24, 2.45) is 4.99 Å². The molecule has 0 aliphatic rings. The number of nitrogens with one attached hydrogen (secondary N) is 2. The molecule has 0 aliphatic heterocycles. The zero-order valence-corrected chi connectivity index (χ0v) is 12.3. The minimum atomic E-state index is 0.747. The van der Waals surface area contributed by atoms with E-state index in [9.17, 15) is 0 Å². The number of allylic oxidation sites excluding steroid dienone is 1. The number of rotatable bonds is 6. The second kappa shape index (κ2) is 8.75. The Hall–Kier alpha value is -1.29. The van der Waals surface area contributed by atoms with Gasteiger partial charge in [0, 0.05) is 22.8 Å². The molecule has 4 heteroatoms. The van der Waals surface area contributed by atoms with Crippen LogP contribution in [0.3, 0.4) is 0 Å². The molecule has 1 aromatic heterocycles. The van der Waals surface area contributed by atoms with Gasteiger partial charge in [-0.15, -0.1) is 11.3 Å². The van der Waals surface area contributed by atoms with Crippen LogP contribution in [0.1, 0.15) is 30.0 Å². The van der Waals surface area contributed by atoms with Gasteiger partial charge >= 0.3 is 0 Å². The summed E-state index contributed by atoms with van der Waals surface area (Å²) >= 11 is 1.81. The minimum Gasteiger partial charge on any atom is -0.357 e. The average Bonchev–Trinajstić information content (AvgIpc) is 2.77. The molecule has 3 nitrogen and oxygen atoms in total. The summed E-state index contributed by atoms with van der Waals surface area (Å²) in [4.78, 5) is 7.22. The van der Waals surface area contributed by atoms with E-state index in [0.717, 1.165) is 32.0 Å². The van der Waals surface area contributed by atoms with E-state index in [1.807, 2.05) is 6.92 Å². The predicted molar refractivity (Wildman–Crippen MR) is 81.3 cm³/mol. The van der Waals surface area contributed by atoms with Gasteiger partial charge in [0.1, 0.15) is 0 Å². The van der Waals surface area contributed by atoms with Crippen LogP contribution in [0.5, 0.6) is 0 Å². The largest absolute Gasteiger partial charge is 0.357 e. The number of thiophene rings is 1. The van der Waals surface area contributed by atoms with Crippen LogP contribution in [-0.2, 0) is 6.54 Å². The third-order valence-corrected chi connectivity index (χ3v) is 3.36. The van der Waals surface area contributed by atoms with Crippen LogP contribution in [0, 0.1) is 6.92 Å². The average molecular weight is 265 g/mol. The highest BCUT2D eigenvalue weighted by atomic mass is 32.1. The fourth-order valence-electron chi connectivity index (χ4n) is 1.51. The fourth-order valence-corrected chi connectivity index (χ4v) is 2.32. The molecule has 0 atom stereocenters. The molecule has 0 unspecified atom stereocenters. The summed E-state index contributed by atoms with van der Waals surface area (Å²) in [5.41, 5.74) is 0. The van der Waals surface area contributed by atoms with Crippen molar-refractivity contribution in [1.29, 1.82) is 0 Å². The van der Waals surface area contributed by atoms with Crippen molar-refractivity contribution < 1.29 is 0 Å². The van der Waals surface area contributed by atoms with Crippen molar-refractivity contribution in [2.45, 2.75) is 33.7 Å². The Morgan fingerprint density at radius 1 is 1.39 bits per heavy atom. The third-order valence-electron chi connectivity index (χ3n) is 2.37. The Labute approximate surface area is 114 Å². The lowest BCUT2D eigenvalue weighted by molar-refractivity contribution is 0.811. The molecule has 0 bridgehead atoms. The van der Waals surface area contributed by atoms with Crippen LogP contribution in [0.25, 0.3) is 0 Å². The molecule has 0 aliphatic carbocycles. The fraction of sp³-hybridized carbons (Fsp3) is 0.500. The normalized spacial score (nSPS) is 12.1. The number of hydrogen-bond acceptors (Lipinski definition) is 2. The van der Waals surface area contributed by atoms with Crippen molar-refractivity contribution in [3.8, 4) is 0 Å². The molecule has 0 spiro atoms. The Kier molecular flexibility index (Phi) is 7.18. The van der Waals surface area contributed by atoms with Crippen molar-refractivity contribution >= 4 is 17.3 Å². The maximum absolute atomic E-state index is 4.58. The number of aryl methyl sites for hydroxylation is 1. The highest BCUT2D eigenvalue weighted by Crippen LogP contribution is 2.15. The SMILES string of the molecule is CC=CCCNC(=NCc1ccc(C)s1)NCC. The van der Waals surface area contributed by atoms with Crippen molar-refractivity contribution in [3.05, 3.63) is 34.0 Å². The second-order valence-corrected chi connectivity index (χ2v) is 5.36. The van der Waals surface area contributed by atoms with Crippen LogP contribution in [0.15, 0.2) is 29.3 Å². The van der Waals surface area contributed by atoms with E-state index < -0.39 is 0 Å². The first-order valence-corrected chi connectivity index (χ1v) is 7.26. The molecular weight excluding hydrogens is 242 g/mol. The number of nitrogens with zero attached hydrogens (tertiary/aromatic N) is 1. The highest BCUT2D eigenvalue weighted by molar-refractivity contribution is 7.11. The molecule has 1 heterocycles. The first kappa shape index (κ1) is 14.8. The molecule has 100 valence electrons. The van der Waals surface area contributed by atoms with E-state index in [1.54, 1.807) is 11.3 Å². The Balaban J connectivity index is 2.44. The molecule has 0 radical (unpaired) electrons. The maximum atomic E-state index is 4.58. The van der Waals surface area contributed by atoms with Crippen molar-refractivity contribution in [3.63, 3.8) is 0 Å². The lowest BCUT2D eigenvalue weighted by atomic mass is 10.4. The highest BCUT2D eigenvalue weighted by Gasteiger charge is 1.98.